The second kappa shape index (κ2) is 7.94. The quantitative estimate of drug-likeness (QED) is 0.397. The predicted molar refractivity (Wildman–Crippen MR) is 120 cm³/mol. The molecule has 4 aromatic rings. The highest BCUT2D eigenvalue weighted by Gasteiger charge is 2.32. The summed E-state index contributed by atoms with van der Waals surface area (Å²) in [6.45, 7) is 2.02. The third-order valence-corrected chi connectivity index (χ3v) is 6.54. The Morgan fingerprint density at radius 3 is 2.48 bits per heavy atom. The molecule has 0 spiro atoms. The molecule has 1 aromatic carbocycles. The maximum absolute atomic E-state index is 13.1. The highest BCUT2D eigenvalue weighted by molar-refractivity contribution is 7.99. The zero-order chi connectivity index (χ0) is 22.5. The van der Waals surface area contributed by atoms with Gasteiger partial charge in [-0.1, -0.05) is 6.92 Å². The second-order valence-corrected chi connectivity index (χ2v) is 9.16. The number of pyridine rings is 1. The fourth-order valence-corrected chi connectivity index (χ4v) is 4.92. The van der Waals surface area contributed by atoms with Crippen molar-refractivity contribution in [3.05, 3.63) is 40.4 Å². The van der Waals surface area contributed by atoms with Crippen LogP contribution in [0.25, 0.3) is 33.6 Å². The van der Waals surface area contributed by atoms with Gasteiger partial charge in [-0.25, -0.2) is 14.8 Å². The lowest BCUT2D eigenvalue weighted by Gasteiger charge is -2.10. The maximum Gasteiger partial charge on any atom is 0.417 e. The summed E-state index contributed by atoms with van der Waals surface area (Å²) in [5.74, 6) is 1.79. The van der Waals surface area contributed by atoms with E-state index in [1.165, 1.54) is 11.8 Å². The van der Waals surface area contributed by atoms with Crippen molar-refractivity contribution in [2.45, 2.75) is 23.9 Å². The summed E-state index contributed by atoms with van der Waals surface area (Å²) < 4.78 is 44.4. The second-order valence-electron chi connectivity index (χ2n) is 7.02. The van der Waals surface area contributed by atoms with Crippen LogP contribution in [0.2, 0.25) is 0 Å². The van der Waals surface area contributed by atoms with Gasteiger partial charge in [0.1, 0.15) is 11.3 Å². The number of alkyl halides is 3. The minimum absolute atomic E-state index is 0.115. The number of thioether (sulfide) groups is 2. The summed E-state index contributed by atoms with van der Waals surface area (Å²) >= 11 is 3.12. The van der Waals surface area contributed by atoms with E-state index in [1.807, 2.05) is 25.3 Å². The minimum atomic E-state index is -4.49. The van der Waals surface area contributed by atoms with Crippen LogP contribution in [-0.4, -0.2) is 35.7 Å². The van der Waals surface area contributed by atoms with Gasteiger partial charge in [0.25, 0.3) is 0 Å². The SMILES string of the molecule is CCSc1cc2c(cc1-c1nc3cc(C(F)(F)F)cnc3n1C)n(CSC)c(=O)n2C. The van der Waals surface area contributed by atoms with Crippen LogP contribution in [0, 0.1) is 0 Å². The summed E-state index contributed by atoms with van der Waals surface area (Å²) in [7, 11) is 3.47. The van der Waals surface area contributed by atoms with Crippen LogP contribution in [0.3, 0.4) is 0 Å². The van der Waals surface area contributed by atoms with Crippen molar-refractivity contribution < 1.29 is 13.2 Å². The molecular weight excluding hydrogens is 447 g/mol. The Hall–Kier alpha value is -2.40. The van der Waals surface area contributed by atoms with E-state index in [9.17, 15) is 18.0 Å². The van der Waals surface area contributed by atoms with Crippen molar-refractivity contribution in [1.82, 2.24) is 23.7 Å². The molecule has 0 aliphatic rings. The number of nitrogens with zero attached hydrogens (tertiary/aromatic N) is 5. The Morgan fingerprint density at radius 1 is 1.10 bits per heavy atom. The molecule has 3 aromatic heterocycles. The van der Waals surface area contributed by atoms with Crippen LogP contribution in [0.15, 0.2) is 34.1 Å². The molecule has 0 bridgehead atoms. The van der Waals surface area contributed by atoms with Gasteiger partial charge in [-0.2, -0.15) is 13.2 Å². The van der Waals surface area contributed by atoms with Gasteiger partial charge in [0.05, 0.1) is 22.5 Å². The Balaban J connectivity index is 2.01. The number of halogens is 3. The summed E-state index contributed by atoms with van der Waals surface area (Å²) in [6, 6.07) is 4.87. The highest BCUT2D eigenvalue weighted by atomic mass is 32.2. The molecule has 6 nitrogen and oxygen atoms in total. The van der Waals surface area contributed by atoms with E-state index in [0.29, 0.717) is 17.3 Å². The minimum Gasteiger partial charge on any atom is -0.312 e. The zero-order valence-electron chi connectivity index (χ0n) is 17.3. The smallest absolute Gasteiger partial charge is 0.312 e. The maximum atomic E-state index is 13.1. The lowest BCUT2D eigenvalue weighted by molar-refractivity contribution is -0.137. The van der Waals surface area contributed by atoms with Gasteiger partial charge >= 0.3 is 11.9 Å². The molecule has 0 N–H and O–H groups in total. The molecule has 3 heterocycles. The van der Waals surface area contributed by atoms with Crippen molar-refractivity contribution in [2.75, 3.05) is 12.0 Å². The molecule has 0 fully saturated rings. The van der Waals surface area contributed by atoms with Crippen LogP contribution >= 0.6 is 23.5 Å². The van der Waals surface area contributed by atoms with E-state index in [0.717, 1.165) is 39.5 Å². The first kappa shape index (κ1) is 21.8. The fourth-order valence-electron chi connectivity index (χ4n) is 3.61. The van der Waals surface area contributed by atoms with Crippen LogP contribution in [0.5, 0.6) is 0 Å². The Bertz CT molecular complexity index is 1350. The van der Waals surface area contributed by atoms with Crippen molar-refractivity contribution in [1.29, 1.82) is 0 Å². The number of imidazole rings is 2. The number of aryl methyl sites for hydroxylation is 2. The molecule has 0 amide bonds. The van der Waals surface area contributed by atoms with E-state index < -0.39 is 11.7 Å². The molecule has 0 aliphatic carbocycles. The number of aromatic nitrogens is 5. The van der Waals surface area contributed by atoms with Crippen molar-refractivity contribution >= 4 is 45.7 Å². The molecule has 164 valence electrons. The summed E-state index contributed by atoms with van der Waals surface area (Å²) in [5, 5.41) is 0. The van der Waals surface area contributed by atoms with E-state index in [-0.39, 0.29) is 11.2 Å². The Labute approximate surface area is 184 Å². The third kappa shape index (κ3) is 3.63. The first-order valence-corrected chi connectivity index (χ1v) is 11.8. The lowest BCUT2D eigenvalue weighted by atomic mass is 10.2. The number of fused-ring (bicyclic) bond motifs is 2. The molecule has 4 rings (SSSR count). The van der Waals surface area contributed by atoms with Gasteiger partial charge in [0.15, 0.2) is 5.65 Å². The molecule has 0 atom stereocenters. The van der Waals surface area contributed by atoms with Gasteiger partial charge in [-0.05, 0) is 30.2 Å². The first-order valence-electron chi connectivity index (χ1n) is 9.42. The van der Waals surface area contributed by atoms with Crippen molar-refractivity contribution in [2.24, 2.45) is 14.1 Å². The molecule has 0 aliphatic heterocycles. The average molecular weight is 468 g/mol. The van der Waals surface area contributed by atoms with E-state index in [1.54, 1.807) is 39.6 Å². The number of hydrogen-bond acceptors (Lipinski definition) is 5. The van der Waals surface area contributed by atoms with Crippen LogP contribution in [0.1, 0.15) is 12.5 Å². The van der Waals surface area contributed by atoms with E-state index in [2.05, 4.69) is 9.97 Å². The molecule has 0 saturated carbocycles. The Kier molecular flexibility index (Phi) is 5.59. The largest absolute Gasteiger partial charge is 0.417 e. The molecular formula is C20H20F3N5OS2. The number of benzene rings is 1. The standard InChI is InChI=1S/C20H20F3N5OS2/c1-5-31-16-8-14-15(28(10-30-4)19(29)26(14)2)7-12(16)17-25-13-6-11(20(21,22)23)9-24-18(13)27(17)3/h6-9H,5,10H2,1-4H3. The van der Waals surface area contributed by atoms with Crippen molar-refractivity contribution in [3.63, 3.8) is 0 Å². The number of rotatable bonds is 5. The molecule has 0 radical (unpaired) electrons. The monoisotopic (exact) mass is 467 g/mol. The normalized spacial score (nSPS) is 12.4. The summed E-state index contributed by atoms with van der Waals surface area (Å²) in [4.78, 5) is 22.1. The molecule has 11 heteroatoms. The van der Waals surface area contributed by atoms with Crippen molar-refractivity contribution in [3.8, 4) is 11.4 Å². The topological polar surface area (TPSA) is 57.6 Å². The fraction of sp³-hybridized carbons (Fsp3) is 0.350. The van der Waals surface area contributed by atoms with Gasteiger partial charge < -0.3 is 4.57 Å². The van der Waals surface area contributed by atoms with Crippen LogP contribution < -0.4 is 5.69 Å². The predicted octanol–water partition coefficient (Wildman–Crippen LogP) is 4.74. The highest BCUT2D eigenvalue weighted by Crippen LogP contribution is 2.36. The van der Waals surface area contributed by atoms with Gasteiger partial charge in [-0.3, -0.25) is 9.13 Å². The molecule has 31 heavy (non-hydrogen) atoms. The van der Waals surface area contributed by atoms with Crippen LogP contribution in [0.4, 0.5) is 13.2 Å². The van der Waals surface area contributed by atoms with E-state index in [4.69, 9.17) is 0 Å². The lowest BCUT2D eigenvalue weighted by Crippen LogP contribution is -2.21. The number of hydrogen-bond donors (Lipinski definition) is 0. The third-order valence-electron chi connectivity index (χ3n) is 5.08. The molecule has 0 saturated heterocycles. The summed E-state index contributed by atoms with van der Waals surface area (Å²) in [6.07, 6.45) is -1.74. The van der Waals surface area contributed by atoms with E-state index >= 15 is 0 Å². The Morgan fingerprint density at radius 2 is 1.84 bits per heavy atom. The average Bonchev–Trinajstić information content (AvgIpc) is 3.17. The van der Waals surface area contributed by atoms with Gasteiger partial charge in [0.2, 0.25) is 0 Å². The van der Waals surface area contributed by atoms with Crippen LogP contribution in [-0.2, 0) is 26.1 Å². The summed E-state index contributed by atoms with van der Waals surface area (Å²) in [5.41, 5.74) is 1.91. The molecule has 0 unspecified atom stereocenters. The van der Waals surface area contributed by atoms with Gasteiger partial charge in [0, 0.05) is 30.8 Å². The first-order chi connectivity index (χ1) is 14.7. The zero-order valence-corrected chi connectivity index (χ0v) is 19.0. The van der Waals surface area contributed by atoms with Gasteiger partial charge in [-0.15, -0.1) is 23.5 Å².